The van der Waals surface area contributed by atoms with E-state index in [4.69, 9.17) is 4.74 Å². The Morgan fingerprint density at radius 2 is 1.62 bits per heavy atom. The van der Waals surface area contributed by atoms with E-state index in [1.54, 1.807) is 0 Å². The number of hydrogen-bond acceptors (Lipinski definition) is 1. The van der Waals surface area contributed by atoms with Crippen molar-refractivity contribution in [1.29, 1.82) is 0 Å². The minimum Gasteiger partial charge on any atom is -0.494 e. The van der Waals surface area contributed by atoms with Crippen LogP contribution in [0.3, 0.4) is 0 Å². The first-order valence-electron chi connectivity index (χ1n) is 8.02. The zero-order valence-corrected chi connectivity index (χ0v) is 13.5. The smallest absolute Gasteiger partial charge is 0.119 e. The fraction of sp³-hybridized carbons (Fsp3) is 0.400. The normalized spacial score (nSPS) is 10.6. The highest BCUT2D eigenvalue weighted by Gasteiger charge is 2.04. The molecule has 0 fully saturated rings. The van der Waals surface area contributed by atoms with Crippen molar-refractivity contribution < 1.29 is 4.74 Å². The molecule has 21 heavy (non-hydrogen) atoms. The lowest BCUT2D eigenvalue weighted by Gasteiger charge is -2.10. The van der Waals surface area contributed by atoms with Crippen LogP contribution in [0.1, 0.15) is 43.7 Å². The lowest BCUT2D eigenvalue weighted by atomic mass is 9.97. The zero-order valence-electron chi connectivity index (χ0n) is 13.5. The number of hydrogen-bond donors (Lipinski definition) is 0. The SMILES string of the molecule is CCCCCCOc1ccc(-c2cccc(C)c2C)cc1. The van der Waals surface area contributed by atoms with Crippen LogP contribution >= 0.6 is 0 Å². The van der Waals surface area contributed by atoms with E-state index in [9.17, 15) is 0 Å². The molecule has 0 heterocycles. The van der Waals surface area contributed by atoms with E-state index in [0.717, 1.165) is 18.8 Å². The first-order chi connectivity index (χ1) is 10.2. The lowest BCUT2D eigenvalue weighted by molar-refractivity contribution is 0.305. The largest absolute Gasteiger partial charge is 0.494 e. The van der Waals surface area contributed by atoms with E-state index in [0.29, 0.717) is 0 Å². The van der Waals surface area contributed by atoms with E-state index in [1.165, 1.54) is 41.5 Å². The summed E-state index contributed by atoms with van der Waals surface area (Å²) in [7, 11) is 0. The highest BCUT2D eigenvalue weighted by Crippen LogP contribution is 2.27. The first-order valence-corrected chi connectivity index (χ1v) is 8.02. The predicted molar refractivity (Wildman–Crippen MR) is 91.0 cm³/mol. The molecule has 2 rings (SSSR count). The Bertz CT molecular complexity index is 555. The van der Waals surface area contributed by atoms with Gasteiger partial charge in [-0.15, -0.1) is 0 Å². The molecule has 0 aliphatic rings. The molecule has 0 atom stereocenters. The van der Waals surface area contributed by atoms with Crippen molar-refractivity contribution in [3.05, 3.63) is 53.6 Å². The van der Waals surface area contributed by atoms with Crippen LogP contribution in [-0.2, 0) is 0 Å². The van der Waals surface area contributed by atoms with E-state index in [1.807, 2.05) is 0 Å². The van der Waals surface area contributed by atoms with Gasteiger partial charge in [0.1, 0.15) is 5.75 Å². The van der Waals surface area contributed by atoms with Gasteiger partial charge in [0.2, 0.25) is 0 Å². The highest BCUT2D eigenvalue weighted by molar-refractivity contribution is 5.68. The first kappa shape index (κ1) is 15.6. The van der Waals surface area contributed by atoms with Crippen LogP contribution in [0.2, 0.25) is 0 Å². The highest BCUT2D eigenvalue weighted by atomic mass is 16.5. The summed E-state index contributed by atoms with van der Waals surface area (Å²) in [6.07, 6.45) is 4.98. The zero-order chi connectivity index (χ0) is 15.1. The van der Waals surface area contributed by atoms with Gasteiger partial charge in [0.25, 0.3) is 0 Å². The maximum absolute atomic E-state index is 5.80. The molecule has 0 aliphatic carbocycles. The van der Waals surface area contributed by atoms with Crippen LogP contribution in [-0.4, -0.2) is 6.61 Å². The maximum atomic E-state index is 5.80. The van der Waals surface area contributed by atoms with Gasteiger partial charge in [0.15, 0.2) is 0 Å². The summed E-state index contributed by atoms with van der Waals surface area (Å²) in [6.45, 7) is 7.39. The number of benzene rings is 2. The Hall–Kier alpha value is -1.76. The monoisotopic (exact) mass is 282 g/mol. The van der Waals surface area contributed by atoms with Crippen LogP contribution in [0.5, 0.6) is 5.75 Å². The Labute approximate surface area is 129 Å². The van der Waals surface area contributed by atoms with Gasteiger partial charge < -0.3 is 4.74 Å². The predicted octanol–water partition coefficient (Wildman–Crippen LogP) is 5.93. The van der Waals surface area contributed by atoms with Gasteiger partial charge in [0, 0.05) is 0 Å². The van der Waals surface area contributed by atoms with Crippen LogP contribution in [0, 0.1) is 13.8 Å². The maximum Gasteiger partial charge on any atom is 0.119 e. The van der Waals surface area contributed by atoms with Crippen molar-refractivity contribution in [2.24, 2.45) is 0 Å². The van der Waals surface area contributed by atoms with Crippen LogP contribution in [0.4, 0.5) is 0 Å². The molecular weight excluding hydrogens is 256 g/mol. The molecule has 1 nitrogen and oxygen atoms in total. The van der Waals surface area contributed by atoms with Crippen molar-refractivity contribution in [2.75, 3.05) is 6.61 Å². The molecule has 0 amide bonds. The minimum atomic E-state index is 0.822. The Morgan fingerprint density at radius 1 is 0.857 bits per heavy atom. The van der Waals surface area contributed by atoms with Crippen LogP contribution in [0.15, 0.2) is 42.5 Å². The molecule has 0 saturated heterocycles. The Kier molecular flexibility index (Phi) is 5.86. The van der Waals surface area contributed by atoms with E-state index < -0.39 is 0 Å². The third-order valence-corrected chi connectivity index (χ3v) is 4.04. The number of aryl methyl sites for hydroxylation is 1. The molecule has 112 valence electrons. The van der Waals surface area contributed by atoms with E-state index >= 15 is 0 Å². The molecule has 0 bridgehead atoms. The molecule has 0 aliphatic heterocycles. The topological polar surface area (TPSA) is 9.23 Å². The van der Waals surface area contributed by atoms with Gasteiger partial charge in [0.05, 0.1) is 6.61 Å². The van der Waals surface area contributed by atoms with E-state index in [2.05, 4.69) is 63.2 Å². The number of unbranched alkanes of at least 4 members (excludes halogenated alkanes) is 3. The van der Waals surface area contributed by atoms with Crippen molar-refractivity contribution in [1.82, 2.24) is 0 Å². The molecule has 0 radical (unpaired) electrons. The quantitative estimate of drug-likeness (QED) is 0.572. The Balaban J connectivity index is 1.97. The molecule has 0 aromatic heterocycles. The molecular formula is C20H26O. The van der Waals surface area contributed by atoms with Gasteiger partial charge >= 0.3 is 0 Å². The second-order valence-electron chi connectivity index (χ2n) is 5.68. The molecule has 2 aromatic carbocycles. The van der Waals surface area contributed by atoms with Crippen LogP contribution in [0.25, 0.3) is 11.1 Å². The third-order valence-electron chi connectivity index (χ3n) is 4.04. The van der Waals surface area contributed by atoms with Gasteiger partial charge in [-0.2, -0.15) is 0 Å². The third kappa shape index (κ3) is 4.35. The summed E-state index contributed by atoms with van der Waals surface area (Å²) in [6, 6.07) is 14.9. The van der Waals surface area contributed by atoms with Gasteiger partial charge in [-0.1, -0.05) is 56.5 Å². The molecule has 0 unspecified atom stereocenters. The van der Waals surface area contributed by atoms with Crippen molar-refractivity contribution in [3.63, 3.8) is 0 Å². The molecule has 0 N–H and O–H groups in total. The molecule has 1 heteroatoms. The standard InChI is InChI=1S/C20H26O/c1-4-5-6-7-15-21-19-13-11-18(12-14-19)20-10-8-9-16(2)17(20)3/h8-14H,4-7,15H2,1-3H3. The number of rotatable bonds is 7. The molecule has 0 spiro atoms. The van der Waals surface area contributed by atoms with Crippen LogP contribution < -0.4 is 4.74 Å². The van der Waals surface area contributed by atoms with Gasteiger partial charge in [-0.3, -0.25) is 0 Å². The number of ether oxygens (including phenoxy) is 1. The van der Waals surface area contributed by atoms with Gasteiger partial charge in [-0.25, -0.2) is 0 Å². The summed E-state index contributed by atoms with van der Waals surface area (Å²) in [5, 5.41) is 0. The average Bonchev–Trinajstić information content (AvgIpc) is 2.51. The summed E-state index contributed by atoms with van der Waals surface area (Å²) < 4.78 is 5.80. The fourth-order valence-electron chi connectivity index (χ4n) is 2.51. The summed E-state index contributed by atoms with van der Waals surface area (Å²) in [5.41, 5.74) is 5.26. The minimum absolute atomic E-state index is 0.822. The second kappa shape index (κ2) is 7.87. The second-order valence-corrected chi connectivity index (χ2v) is 5.68. The fourth-order valence-corrected chi connectivity index (χ4v) is 2.51. The van der Waals surface area contributed by atoms with Gasteiger partial charge in [-0.05, 0) is 54.7 Å². The average molecular weight is 282 g/mol. The summed E-state index contributed by atoms with van der Waals surface area (Å²) in [5.74, 6) is 0.973. The van der Waals surface area contributed by atoms with Crippen molar-refractivity contribution in [3.8, 4) is 16.9 Å². The van der Waals surface area contributed by atoms with Crippen molar-refractivity contribution in [2.45, 2.75) is 46.5 Å². The van der Waals surface area contributed by atoms with E-state index in [-0.39, 0.29) is 0 Å². The summed E-state index contributed by atoms with van der Waals surface area (Å²) >= 11 is 0. The Morgan fingerprint density at radius 3 is 2.33 bits per heavy atom. The summed E-state index contributed by atoms with van der Waals surface area (Å²) in [4.78, 5) is 0. The van der Waals surface area contributed by atoms with Crippen molar-refractivity contribution >= 4 is 0 Å². The molecule has 0 saturated carbocycles. The lowest BCUT2D eigenvalue weighted by Crippen LogP contribution is -1.97. The molecule has 2 aromatic rings.